The second-order valence-electron chi connectivity index (χ2n) is 44.9. The number of aromatic nitrogens is 2. The summed E-state index contributed by atoms with van der Waals surface area (Å²) in [6.45, 7) is 0. The summed E-state index contributed by atoms with van der Waals surface area (Å²) in [6.07, 6.45) is 0. The van der Waals surface area contributed by atoms with Crippen molar-refractivity contribution in [1.82, 2.24) is 9.97 Å². The molecule has 2 aliphatic carbocycles. The number of benzene rings is 36. The second-order valence-corrected chi connectivity index (χ2v) is 44.9. The quantitative estimate of drug-likeness (QED) is 0.154. The van der Waals surface area contributed by atoms with E-state index in [0.717, 1.165) is 0 Å². The Hall–Kier alpha value is -15.5. The molecule has 0 atom stereocenters. The molecule has 56 aromatic carbocycles. The smallest absolute Gasteiger partial charge is 0.0558 e. The Kier molecular flexibility index (Phi) is 3.28. The fourth-order valence-corrected chi connectivity index (χ4v) is 44.6. The number of nitrogens with one attached hydrogen (secondary N) is 2. The summed E-state index contributed by atoms with van der Waals surface area (Å²) in [5.74, 6) is -0.0726. The van der Waals surface area contributed by atoms with E-state index in [4.69, 9.17) is 9.97 Å². The first-order chi connectivity index (χ1) is 60.0. The van der Waals surface area contributed by atoms with E-state index in [0.29, 0.717) is 0 Å². The van der Waals surface area contributed by atoms with Crippen molar-refractivity contribution in [3.63, 3.8) is 0 Å². The minimum atomic E-state index is -0.0363. The van der Waals surface area contributed by atoms with Crippen LogP contribution in [0, 0.1) is 0 Å². The fourth-order valence-electron chi connectivity index (χ4n) is 44.6. The zero-order chi connectivity index (χ0) is 69.5. The van der Waals surface area contributed by atoms with E-state index < -0.39 is 0 Å². The highest BCUT2D eigenvalue weighted by atomic mass is 14.8. The zero-order valence-electron chi connectivity index (χ0n) is 60.2. The summed E-state index contributed by atoms with van der Waals surface area (Å²) < 4.78 is 0. The molecule has 2 heteroatoms. The average molecular weight is 1450 g/mol. The van der Waals surface area contributed by atoms with Crippen LogP contribution >= 0.6 is 0 Å². The lowest BCUT2D eigenvalue weighted by atomic mass is 9.69. The van der Waals surface area contributed by atoms with E-state index in [9.17, 15) is 0 Å². The van der Waals surface area contributed by atoms with Crippen molar-refractivity contribution in [3.8, 4) is 0 Å². The topological polar surface area (TPSA) is 31.6 Å². The Morgan fingerprint density at radius 3 is 0.217 bits per heavy atom. The molecule has 2 nitrogen and oxygen atoms in total. The molecule has 486 valence electrons. The maximum atomic E-state index is 4.93. The lowest BCUT2D eigenvalue weighted by molar-refractivity contribution is 0.747. The Bertz CT molecular complexity index is 14000. The van der Waals surface area contributed by atoms with Crippen molar-refractivity contribution in [3.05, 3.63) is 22.3 Å². The van der Waals surface area contributed by atoms with E-state index in [1.807, 2.05) is 0 Å². The van der Waals surface area contributed by atoms with Crippen molar-refractivity contribution in [2.45, 2.75) is 11.8 Å². The molecular formula is C118H4N2. The minimum Gasteiger partial charge on any atom is -0.353 e. The van der Waals surface area contributed by atoms with Gasteiger partial charge in [-0.15, -0.1) is 0 Å². The van der Waals surface area contributed by atoms with Crippen molar-refractivity contribution < 1.29 is 0 Å². The second kappa shape index (κ2) is 9.38. The third-order valence-corrected chi connectivity index (χ3v) is 44.7. The van der Waals surface area contributed by atoms with E-state index in [1.165, 1.54) is 22.1 Å². The van der Waals surface area contributed by atoms with Crippen LogP contribution in [-0.4, -0.2) is 9.97 Å². The lowest BCUT2D eigenvalue weighted by Crippen LogP contribution is -2.14. The number of fused-ring (bicyclic) bond motifs is 12. The summed E-state index contributed by atoms with van der Waals surface area (Å²) in [6, 6.07) is 0. The molecular weight excluding hydrogens is 1450 g/mol. The highest BCUT2D eigenvalue weighted by Crippen LogP contribution is 2.86. The summed E-state index contributed by atoms with van der Waals surface area (Å²) in [5, 5.41) is 178. The first kappa shape index (κ1) is 41.9. The van der Waals surface area contributed by atoms with Crippen LogP contribution in [0.3, 0.4) is 0 Å². The summed E-state index contributed by atoms with van der Waals surface area (Å²) in [7, 11) is 0. The molecule has 2 aliphatic rings. The van der Waals surface area contributed by atoms with Gasteiger partial charge in [0.15, 0.2) is 0 Å². The monoisotopic (exact) mass is 1450 g/mol. The van der Waals surface area contributed by atoms with Crippen molar-refractivity contribution in [2.24, 2.45) is 0 Å². The highest BCUT2D eigenvalue weighted by Gasteiger charge is 2.59. The minimum absolute atomic E-state index is 0.0363. The molecule has 0 amide bonds. The number of H-pyrrole nitrogens is 2. The van der Waals surface area contributed by atoms with Gasteiger partial charge in [-0.2, -0.15) is 0 Å². The maximum absolute atomic E-state index is 4.93. The molecule has 0 bridgehead atoms. The van der Waals surface area contributed by atoms with Gasteiger partial charge in [-0.3, -0.25) is 0 Å². The molecule has 0 aliphatic heterocycles. The van der Waals surface area contributed by atoms with Crippen LogP contribution in [0.2, 0.25) is 0 Å². The van der Waals surface area contributed by atoms with Gasteiger partial charge in [0.1, 0.15) is 0 Å². The Morgan fingerprint density at radius 2 is 0.125 bits per heavy atom. The largest absolute Gasteiger partial charge is 0.353 e. The third-order valence-electron chi connectivity index (χ3n) is 44.7. The van der Waals surface area contributed by atoms with Crippen LogP contribution in [0.25, 0.3) is 604 Å². The van der Waals surface area contributed by atoms with Gasteiger partial charge >= 0.3 is 0 Å². The Balaban J connectivity index is 0.769. The van der Waals surface area contributed by atoms with Gasteiger partial charge in [0.2, 0.25) is 0 Å². The lowest BCUT2D eigenvalue weighted by Gasteiger charge is -2.32. The van der Waals surface area contributed by atoms with Gasteiger partial charge in [-0.05, 0) is 302 Å². The van der Waals surface area contributed by atoms with E-state index in [2.05, 4.69) is 0 Å². The van der Waals surface area contributed by atoms with Crippen molar-refractivity contribution in [1.29, 1.82) is 0 Å². The Morgan fingerprint density at radius 1 is 0.0667 bits per heavy atom. The Labute approximate surface area is 643 Å². The van der Waals surface area contributed by atoms with Gasteiger partial charge in [0, 0.05) is 313 Å². The SMILES string of the molecule is [nH]1c2c3c4c5c6c7c(c8c9c1c1c2c2c%10c3c3c%11c4c4c6c6c7c7c8c8c%12c9c9c1c2c1c2c%10c3c3c%10c%11c4c4c6c6c7c8c7c8c%12c9c1c1c2c3c2c%10c4c6c7c2c81)C5C1c2c3c4c1c1c5c6[nH]c7c8c2c2c9c3c3c4c4c1c1c%10c5c5c%11c6c7c6c7c8c8c2c2c9c9c3c3c4c1c1c4c%10c5c5c(c6%11)c6c7c8c7c2c2c9c3c1c1c4c5c6c7c21. The van der Waals surface area contributed by atoms with Gasteiger partial charge in [-0.1, -0.05) is 0 Å². The van der Waals surface area contributed by atoms with E-state index >= 15 is 0 Å². The highest BCUT2D eigenvalue weighted by molar-refractivity contribution is 6.88. The summed E-state index contributed by atoms with van der Waals surface area (Å²) in [4.78, 5) is 9.85. The van der Waals surface area contributed by atoms with Crippen LogP contribution < -0.4 is 0 Å². The molecule has 2 heterocycles. The van der Waals surface area contributed by atoms with Crippen LogP contribution in [0.4, 0.5) is 0 Å². The molecule has 0 saturated heterocycles. The molecule has 0 saturated carbocycles. The normalized spacial score (nSPS) is 18.4. The maximum Gasteiger partial charge on any atom is 0.0558 e. The predicted molar refractivity (Wildman–Crippen MR) is 514 cm³/mol. The number of rotatable bonds is 1. The molecule has 0 radical (unpaired) electrons. The molecule has 0 spiro atoms. The van der Waals surface area contributed by atoms with Crippen LogP contribution in [0.1, 0.15) is 34.1 Å². The third kappa shape index (κ3) is 2.20. The van der Waals surface area contributed by atoms with Gasteiger partial charge < -0.3 is 9.97 Å². The standard InChI is InChI=1S/C118H4N2/c119-115-107-95-77-53-37-15-1-2-10-6-5-9(1)27-33-19(5)23-24-20(6)34-28(10)42-38-16(2)13(15)31-45(53)57-58-46(31)54(38)78-72(42)86-62(34)68-50(24)65-49(23)67-61(33)85(71(77)41(27)37)99(107)89(67)103-93(65)104-90(68)100(86)108(116(119)112(104)111(103)115)96(78)82(58)75(81(57)95)76-83-59-47-32-14-17-3-4-12-8-7-11(3)29-35-21(7)25-26-22(8)36-30(12)44-40(18(4)14)56-48(32)60(59)84(76)98-80(56)74(44)88-64(36)70-52(26)66-51(25)69-63(35)87-73-43(29)39(17)55(47)79(73)97(83)109-101(87)91(69)105-94(66)106-92(70)102(88)110(98)118-114(106)113(105)117(109)120-118/h75-76,119-120H. The van der Waals surface area contributed by atoms with Crippen molar-refractivity contribution >= 4 is 604 Å². The summed E-state index contributed by atoms with van der Waals surface area (Å²) in [5.41, 5.74) is 12.9. The summed E-state index contributed by atoms with van der Waals surface area (Å²) >= 11 is 0. The molecule has 58 aromatic rings. The van der Waals surface area contributed by atoms with Crippen LogP contribution in [0.15, 0.2) is 0 Å². The van der Waals surface area contributed by atoms with Crippen molar-refractivity contribution in [2.75, 3.05) is 0 Å². The van der Waals surface area contributed by atoms with Crippen LogP contribution in [0.5, 0.6) is 0 Å². The predicted octanol–water partition coefficient (Wildman–Crippen LogP) is 33.9. The fraction of sp³-hybridized carbons (Fsp3) is 0.0169. The molecule has 2 aromatic heterocycles. The molecule has 0 fully saturated rings. The van der Waals surface area contributed by atoms with E-state index in [1.54, 1.807) is 604 Å². The van der Waals surface area contributed by atoms with E-state index in [-0.39, 0.29) is 11.8 Å². The molecule has 0 unspecified atom stereocenters. The molecule has 60 rings (SSSR count). The first-order valence-electron chi connectivity index (χ1n) is 45.0. The molecule has 2 N–H and O–H groups in total. The number of aromatic amines is 2. The van der Waals surface area contributed by atoms with Crippen LogP contribution in [-0.2, 0) is 0 Å². The first-order valence-corrected chi connectivity index (χ1v) is 45.0. The van der Waals surface area contributed by atoms with Gasteiger partial charge in [0.05, 0.1) is 22.1 Å². The van der Waals surface area contributed by atoms with Gasteiger partial charge in [0.25, 0.3) is 0 Å². The number of hydrogen-bond acceptors (Lipinski definition) is 0. The zero-order valence-corrected chi connectivity index (χ0v) is 60.2. The average Bonchev–Trinajstić information content (AvgIpc) is 1.40. The molecule has 120 heavy (non-hydrogen) atoms. The van der Waals surface area contributed by atoms with Gasteiger partial charge in [-0.25, -0.2) is 0 Å². The number of hydrogen-bond donors (Lipinski definition) is 2.